The van der Waals surface area contributed by atoms with E-state index in [2.05, 4.69) is 15.5 Å². The summed E-state index contributed by atoms with van der Waals surface area (Å²) in [6, 6.07) is 8.74. The number of hydrogen-bond acceptors (Lipinski definition) is 6. The molecule has 0 fully saturated rings. The van der Waals surface area contributed by atoms with Gasteiger partial charge in [-0.3, -0.25) is 9.59 Å². The third kappa shape index (κ3) is 4.32. The summed E-state index contributed by atoms with van der Waals surface area (Å²) in [5, 5.41) is 18.4. The number of carbonyl (C=O) groups excluding carboxylic acids is 1. The van der Waals surface area contributed by atoms with Crippen LogP contribution in [0.2, 0.25) is 0 Å². The maximum atomic E-state index is 11.8. The summed E-state index contributed by atoms with van der Waals surface area (Å²) in [6.07, 6.45) is 0. The molecule has 1 heterocycles. The lowest BCUT2D eigenvalue weighted by atomic mass is 10.2. The average molecular weight is 307 g/mol. The van der Waals surface area contributed by atoms with Crippen LogP contribution in [0.5, 0.6) is 0 Å². The Bertz CT molecular complexity index is 629. The van der Waals surface area contributed by atoms with E-state index in [1.165, 1.54) is 6.92 Å². The highest BCUT2D eigenvalue weighted by Gasteiger charge is 2.17. The highest BCUT2D eigenvalue weighted by molar-refractivity contribution is 8.00. The van der Waals surface area contributed by atoms with Crippen molar-refractivity contribution < 1.29 is 19.1 Å². The Hall–Kier alpha value is -2.35. The van der Waals surface area contributed by atoms with Crippen LogP contribution < -0.4 is 5.32 Å². The standard InChI is InChI=1S/C13H13N3O4S/c1-8(12(18)19)21-13-16-15-10(20-13)7-14-11(17)9-5-3-2-4-6-9/h2-6,8H,7H2,1H3,(H,14,17)(H,18,19)/t8-/m0/s1. The van der Waals surface area contributed by atoms with Crippen LogP contribution in [-0.4, -0.2) is 32.4 Å². The van der Waals surface area contributed by atoms with E-state index in [1.54, 1.807) is 24.3 Å². The first kappa shape index (κ1) is 15.0. The first-order valence-corrected chi connectivity index (χ1v) is 6.99. The molecular formula is C13H13N3O4S. The molecule has 1 amide bonds. The fourth-order valence-electron chi connectivity index (χ4n) is 1.41. The molecule has 0 saturated carbocycles. The lowest BCUT2D eigenvalue weighted by Gasteiger charge is -2.02. The summed E-state index contributed by atoms with van der Waals surface area (Å²) in [5.74, 6) is -0.988. The summed E-state index contributed by atoms with van der Waals surface area (Å²) in [5.41, 5.74) is 0.533. The van der Waals surface area contributed by atoms with Gasteiger partial charge in [-0.05, 0) is 19.1 Å². The molecule has 0 aliphatic rings. The Labute approximate surface area is 124 Å². The van der Waals surface area contributed by atoms with Crippen LogP contribution in [0.1, 0.15) is 23.2 Å². The van der Waals surface area contributed by atoms with Gasteiger partial charge in [0, 0.05) is 5.56 Å². The number of benzene rings is 1. The van der Waals surface area contributed by atoms with E-state index in [4.69, 9.17) is 9.52 Å². The van der Waals surface area contributed by atoms with Crippen molar-refractivity contribution in [2.45, 2.75) is 23.9 Å². The fraction of sp³-hybridized carbons (Fsp3) is 0.231. The smallest absolute Gasteiger partial charge is 0.316 e. The largest absolute Gasteiger partial charge is 0.480 e. The Kier molecular flexibility index (Phi) is 4.94. The number of nitrogens with zero attached hydrogens (tertiary/aromatic N) is 2. The highest BCUT2D eigenvalue weighted by Crippen LogP contribution is 2.21. The topological polar surface area (TPSA) is 105 Å². The van der Waals surface area contributed by atoms with E-state index in [-0.39, 0.29) is 23.6 Å². The Morgan fingerprint density at radius 2 is 2.05 bits per heavy atom. The van der Waals surface area contributed by atoms with Gasteiger partial charge >= 0.3 is 5.97 Å². The number of aromatic nitrogens is 2. The lowest BCUT2D eigenvalue weighted by Crippen LogP contribution is -2.22. The highest BCUT2D eigenvalue weighted by atomic mass is 32.2. The van der Waals surface area contributed by atoms with Gasteiger partial charge < -0.3 is 14.8 Å². The normalized spacial score (nSPS) is 11.9. The molecule has 0 unspecified atom stereocenters. The van der Waals surface area contributed by atoms with Crippen molar-refractivity contribution in [3.63, 3.8) is 0 Å². The van der Waals surface area contributed by atoms with Gasteiger partial charge in [0.1, 0.15) is 5.25 Å². The first-order chi connectivity index (χ1) is 10.1. The third-order valence-electron chi connectivity index (χ3n) is 2.51. The summed E-state index contributed by atoms with van der Waals surface area (Å²) >= 11 is 0.951. The SMILES string of the molecule is C[C@H](Sc1nnc(CNC(=O)c2ccccc2)o1)C(=O)O. The minimum Gasteiger partial charge on any atom is -0.480 e. The van der Waals surface area contributed by atoms with E-state index >= 15 is 0 Å². The van der Waals surface area contributed by atoms with Crippen LogP contribution in [-0.2, 0) is 11.3 Å². The molecule has 0 spiro atoms. The predicted octanol–water partition coefficient (Wildman–Crippen LogP) is 1.56. The number of nitrogens with one attached hydrogen (secondary N) is 1. The second-order valence-corrected chi connectivity index (χ2v) is 5.40. The number of carboxylic acid groups (broad SMARTS) is 1. The Morgan fingerprint density at radius 3 is 2.71 bits per heavy atom. The molecule has 1 atom stereocenters. The predicted molar refractivity (Wildman–Crippen MR) is 74.9 cm³/mol. The van der Waals surface area contributed by atoms with Gasteiger partial charge in [0.15, 0.2) is 0 Å². The van der Waals surface area contributed by atoms with E-state index in [1.807, 2.05) is 6.07 Å². The maximum absolute atomic E-state index is 11.8. The van der Waals surface area contributed by atoms with Crippen LogP contribution in [0, 0.1) is 0 Å². The molecule has 7 nitrogen and oxygen atoms in total. The van der Waals surface area contributed by atoms with Crippen LogP contribution in [0.3, 0.4) is 0 Å². The van der Waals surface area contributed by atoms with Crippen molar-refractivity contribution in [2.75, 3.05) is 0 Å². The summed E-state index contributed by atoms with van der Waals surface area (Å²) < 4.78 is 5.25. The summed E-state index contributed by atoms with van der Waals surface area (Å²) in [6.45, 7) is 1.61. The number of rotatable bonds is 6. The molecular weight excluding hydrogens is 294 g/mol. The van der Waals surface area contributed by atoms with Crippen molar-refractivity contribution in [3.05, 3.63) is 41.8 Å². The van der Waals surface area contributed by atoms with Crippen molar-refractivity contribution in [2.24, 2.45) is 0 Å². The maximum Gasteiger partial charge on any atom is 0.316 e. The zero-order valence-corrected chi connectivity index (χ0v) is 12.0. The van der Waals surface area contributed by atoms with E-state index in [0.717, 1.165) is 11.8 Å². The first-order valence-electron chi connectivity index (χ1n) is 6.11. The van der Waals surface area contributed by atoms with E-state index in [9.17, 15) is 9.59 Å². The molecule has 110 valence electrons. The molecule has 8 heteroatoms. The van der Waals surface area contributed by atoms with Crippen molar-refractivity contribution in [3.8, 4) is 0 Å². The molecule has 2 aromatic rings. The molecule has 21 heavy (non-hydrogen) atoms. The van der Waals surface area contributed by atoms with Crippen LogP contribution in [0.15, 0.2) is 40.0 Å². The lowest BCUT2D eigenvalue weighted by molar-refractivity contribution is -0.136. The number of thioether (sulfide) groups is 1. The number of carbonyl (C=O) groups is 2. The van der Waals surface area contributed by atoms with Crippen LogP contribution in [0.25, 0.3) is 0 Å². The Morgan fingerprint density at radius 1 is 1.33 bits per heavy atom. The zero-order chi connectivity index (χ0) is 15.2. The summed E-state index contributed by atoms with van der Waals surface area (Å²) in [7, 11) is 0. The minimum absolute atomic E-state index is 0.0861. The van der Waals surface area contributed by atoms with Gasteiger partial charge in [-0.2, -0.15) is 0 Å². The van der Waals surface area contributed by atoms with Gasteiger partial charge in [-0.1, -0.05) is 30.0 Å². The molecule has 0 aliphatic heterocycles. The number of hydrogen-bond donors (Lipinski definition) is 2. The van der Waals surface area contributed by atoms with Gasteiger partial charge in [0.05, 0.1) is 6.54 Å². The number of aliphatic carboxylic acids is 1. The molecule has 0 radical (unpaired) electrons. The quantitative estimate of drug-likeness (QED) is 0.780. The average Bonchev–Trinajstić information content (AvgIpc) is 2.93. The zero-order valence-electron chi connectivity index (χ0n) is 11.1. The second kappa shape index (κ2) is 6.89. The van der Waals surface area contributed by atoms with Crippen molar-refractivity contribution in [1.29, 1.82) is 0 Å². The van der Waals surface area contributed by atoms with Crippen molar-refractivity contribution in [1.82, 2.24) is 15.5 Å². The molecule has 2 N–H and O–H groups in total. The molecule has 1 aromatic heterocycles. The van der Waals surface area contributed by atoms with Gasteiger partial charge in [0.25, 0.3) is 11.1 Å². The third-order valence-corrected chi connectivity index (χ3v) is 3.43. The van der Waals surface area contributed by atoms with Crippen LogP contribution >= 0.6 is 11.8 Å². The molecule has 0 aliphatic carbocycles. The van der Waals surface area contributed by atoms with Gasteiger partial charge in [-0.25, -0.2) is 0 Å². The van der Waals surface area contributed by atoms with Crippen molar-refractivity contribution >= 4 is 23.6 Å². The second-order valence-electron chi connectivity index (χ2n) is 4.11. The van der Waals surface area contributed by atoms with Gasteiger partial charge in [0.2, 0.25) is 5.89 Å². The molecule has 2 rings (SSSR count). The van der Waals surface area contributed by atoms with E-state index in [0.29, 0.717) is 5.56 Å². The number of carboxylic acids is 1. The molecule has 1 aromatic carbocycles. The summed E-state index contributed by atoms with van der Waals surface area (Å²) in [4.78, 5) is 22.5. The van der Waals surface area contributed by atoms with E-state index < -0.39 is 11.2 Å². The Balaban J connectivity index is 1.88. The number of amides is 1. The fourth-order valence-corrected chi connectivity index (χ4v) is 2.04. The molecule has 0 bridgehead atoms. The van der Waals surface area contributed by atoms with Gasteiger partial charge in [-0.15, -0.1) is 10.2 Å². The minimum atomic E-state index is -0.961. The monoisotopic (exact) mass is 307 g/mol. The molecule has 0 saturated heterocycles. The van der Waals surface area contributed by atoms with Crippen LogP contribution in [0.4, 0.5) is 0 Å².